The maximum atomic E-state index is 12.5. The zero-order valence-electron chi connectivity index (χ0n) is 17.9. The maximum absolute atomic E-state index is 12.5. The van der Waals surface area contributed by atoms with Gasteiger partial charge in [0.15, 0.2) is 0 Å². The smallest absolute Gasteiger partial charge is 0.293 e. The lowest BCUT2D eigenvalue weighted by atomic mass is 9.85. The number of carbonyl (C=O) groups is 3. The van der Waals surface area contributed by atoms with E-state index in [0.29, 0.717) is 12.8 Å². The SMILES string of the molecule is O=C(NC1CCCCC1)c1ccc(NCCN2C(=O)[C@H]3CC=CC[C@@H]3C2=O)c([N+](=O)[O-])c1. The first-order valence-corrected chi connectivity index (χ1v) is 11.3. The highest BCUT2D eigenvalue weighted by molar-refractivity contribution is 6.05. The third-order valence-corrected chi connectivity index (χ3v) is 6.65. The topological polar surface area (TPSA) is 122 Å². The van der Waals surface area contributed by atoms with E-state index in [1.54, 1.807) is 6.07 Å². The Labute approximate surface area is 186 Å². The first kappa shape index (κ1) is 22.0. The van der Waals surface area contributed by atoms with Gasteiger partial charge in [-0.15, -0.1) is 0 Å². The minimum absolute atomic E-state index is 0.113. The van der Waals surface area contributed by atoms with E-state index in [1.165, 1.54) is 23.5 Å². The quantitative estimate of drug-likeness (QED) is 0.291. The molecule has 2 N–H and O–H groups in total. The molecule has 4 rings (SSSR count). The number of hydrogen-bond donors (Lipinski definition) is 2. The largest absolute Gasteiger partial charge is 0.378 e. The third kappa shape index (κ3) is 4.51. The Balaban J connectivity index is 1.38. The second-order valence-corrected chi connectivity index (χ2v) is 8.71. The molecular weight excluding hydrogens is 412 g/mol. The Bertz CT molecular complexity index is 928. The van der Waals surface area contributed by atoms with Gasteiger partial charge < -0.3 is 10.6 Å². The summed E-state index contributed by atoms with van der Waals surface area (Å²) in [5.41, 5.74) is 0.287. The molecule has 2 aliphatic carbocycles. The van der Waals surface area contributed by atoms with Gasteiger partial charge in [0.05, 0.1) is 16.8 Å². The van der Waals surface area contributed by atoms with Crippen LogP contribution >= 0.6 is 0 Å². The zero-order valence-corrected chi connectivity index (χ0v) is 17.9. The van der Waals surface area contributed by atoms with Crippen molar-refractivity contribution in [3.05, 3.63) is 46.0 Å². The Kier molecular flexibility index (Phi) is 6.53. The van der Waals surface area contributed by atoms with Crippen molar-refractivity contribution in [3.8, 4) is 0 Å². The van der Waals surface area contributed by atoms with Gasteiger partial charge in [0.25, 0.3) is 11.6 Å². The van der Waals surface area contributed by atoms with Gasteiger partial charge in [-0.25, -0.2) is 0 Å². The predicted molar refractivity (Wildman–Crippen MR) is 118 cm³/mol. The highest BCUT2D eigenvalue weighted by Gasteiger charge is 2.46. The monoisotopic (exact) mass is 440 g/mol. The molecule has 9 nitrogen and oxygen atoms in total. The van der Waals surface area contributed by atoms with Crippen molar-refractivity contribution in [1.29, 1.82) is 0 Å². The number of carbonyl (C=O) groups excluding carboxylic acids is 3. The number of amides is 3. The van der Waals surface area contributed by atoms with Gasteiger partial charge in [-0.2, -0.15) is 0 Å². The lowest BCUT2D eigenvalue weighted by Crippen LogP contribution is -2.36. The summed E-state index contributed by atoms with van der Waals surface area (Å²) in [6.45, 7) is 0.338. The number of likely N-dealkylation sites (tertiary alicyclic amines) is 1. The Morgan fingerprint density at radius 3 is 2.34 bits per heavy atom. The van der Waals surface area contributed by atoms with Gasteiger partial charge in [0.2, 0.25) is 11.8 Å². The molecule has 2 fully saturated rings. The summed E-state index contributed by atoms with van der Waals surface area (Å²) in [5, 5.41) is 17.5. The molecule has 2 atom stereocenters. The van der Waals surface area contributed by atoms with E-state index >= 15 is 0 Å². The zero-order chi connectivity index (χ0) is 22.7. The van der Waals surface area contributed by atoms with Crippen molar-refractivity contribution >= 4 is 29.1 Å². The molecule has 3 amide bonds. The number of rotatable bonds is 7. The lowest BCUT2D eigenvalue weighted by molar-refractivity contribution is -0.384. The highest BCUT2D eigenvalue weighted by atomic mass is 16.6. The van der Waals surface area contributed by atoms with Crippen LogP contribution in [0.25, 0.3) is 0 Å². The van der Waals surface area contributed by atoms with E-state index in [1.807, 2.05) is 12.2 Å². The van der Waals surface area contributed by atoms with Crippen LogP contribution in [-0.4, -0.2) is 46.7 Å². The highest BCUT2D eigenvalue weighted by Crippen LogP contribution is 2.35. The number of benzene rings is 1. The molecular formula is C23H28N4O5. The number of anilines is 1. The number of imide groups is 1. The fourth-order valence-corrected chi connectivity index (χ4v) is 4.88. The van der Waals surface area contributed by atoms with Gasteiger partial charge >= 0.3 is 0 Å². The molecule has 1 aliphatic heterocycles. The third-order valence-electron chi connectivity index (χ3n) is 6.65. The molecule has 0 unspecified atom stereocenters. The molecule has 170 valence electrons. The predicted octanol–water partition coefficient (Wildman–Crippen LogP) is 3.02. The summed E-state index contributed by atoms with van der Waals surface area (Å²) in [5.74, 6) is -1.23. The molecule has 1 aromatic carbocycles. The molecule has 1 aromatic rings. The van der Waals surface area contributed by atoms with E-state index < -0.39 is 4.92 Å². The Morgan fingerprint density at radius 1 is 1.06 bits per heavy atom. The van der Waals surface area contributed by atoms with Crippen LogP contribution < -0.4 is 10.6 Å². The summed E-state index contributed by atoms with van der Waals surface area (Å²) >= 11 is 0. The molecule has 1 heterocycles. The van der Waals surface area contributed by atoms with Crippen molar-refractivity contribution in [2.75, 3.05) is 18.4 Å². The van der Waals surface area contributed by atoms with Crippen LogP contribution in [0.3, 0.4) is 0 Å². The standard InChI is InChI=1S/C23H28N4O5/c28-21(25-16-6-2-1-3-7-16)15-10-11-19(20(14-15)27(31)32)24-12-13-26-22(29)17-8-4-5-9-18(17)23(26)30/h4-5,10-11,14,16-18,24H,1-3,6-9,12-13H2,(H,25,28)/t17-,18-/m0/s1. The second kappa shape index (κ2) is 9.50. The van der Waals surface area contributed by atoms with Crippen LogP contribution in [0.4, 0.5) is 11.4 Å². The molecule has 0 spiro atoms. The second-order valence-electron chi connectivity index (χ2n) is 8.71. The number of hydrogen-bond acceptors (Lipinski definition) is 6. The minimum atomic E-state index is -0.536. The van der Waals surface area contributed by atoms with Crippen molar-refractivity contribution in [3.63, 3.8) is 0 Å². The molecule has 1 saturated heterocycles. The van der Waals surface area contributed by atoms with Gasteiger partial charge in [-0.1, -0.05) is 31.4 Å². The van der Waals surface area contributed by atoms with Gasteiger partial charge in [-0.05, 0) is 37.8 Å². The van der Waals surface area contributed by atoms with Crippen LogP contribution in [0.5, 0.6) is 0 Å². The summed E-state index contributed by atoms with van der Waals surface area (Å²) in [6, 6.07) is 4.44. The molecule has 0 radical (unpaired) electrons. The summed E-state index contributed by atoms with van der Waals surface area (Å²) in [6.07, 6.45) is 10.2. The van der Waals surface area contributed by atoms with E-state index in [0.717, 1.165) is 25.7 Å². The van der Waals surface area contributed by atoms with Gasteiger partial charge in [0, 0.05) is 30.8 Å². The molecule has 1 saturated carbocycles. The van der Waals surface area contributed by atoms with E-state index in [-0.39, 0.29) is 65.6 Å². The molecule has 0 bridgehead atoms. The summed E-state index contributed by atoms with van der Waals surface area (Å²) < 4.78 is 0. The van der Waals surface area contributed by atoms with Crippen molar-refractivity contribution in [2.45, 2.75) is 51.0 Å². The van der Waals surface area contributed by atoms with Crippen LogP contribution in [0.2, 0.25) is 0 Å². The number of nitro groups is 1. The summed E-state index contributed by atoms with van der Waals surface area (Å²) in [4.78, 5) is 49.9. The normalized spacial score (nSPS) is 23.2. The maximum Gasteiger partial charge on any atom is 0.293 e. The molecule has 3 aliphatic rings. The fourth-order valence-electron chi connectivity index (χ4n) is 4.88. The molecule has 9 heteroatoms. The molecule has 32 heavy (non-hydrogen) atoms. The number of allylic oxidation sites excluding steroid dienone is 2. The van der Waals surface area contributed by atoms with Crippen LogP contribution in [0, 0.1) is 22.0 Å². The Hall–Kier alpha value is -3.23. The van der Waals surface area contributed by atoms with Crippen molar-refractivity contribution in [1.82, 2.24) is 10.2 Å². The Morgan fingerprint density at radius 2 is 1.72 bits per heavy atom. The van der Waals surface area contributed by atoms with Gasteiger partial charge in [-0.3, -0.25) is 29.4 Å². The van der Waals surface area contributed by atoms with Gasteiger partial charge in [0.1, 0.15) is 5.69 Å². The van der Waals surface area contributed by atoms with Crippen molar-refractivity contribution < 1.29 is 19.3 Å². The van der Waals surface area contributed by atoms with E-state index in [9.17, 15) is 24.5 Å². The van der Waals surface area contributed by atoms with E-state index in [2.05, 4.69) is 10.6 Å². The summed E-state index contributed by atoms with van der Waals surface area (Å²) in [7, 11) is 0. The lowest BCUT2D eigenvalue weighted by Gasteiger charge is -2.22. The first-order valence-electron chi connectivity index (χ1n) is 11.3. The average Bonchev–Trinajstić information content (AvgIpc) is 3.04. The molecule has 0 aromatic heterocycles. The van der Waals surface area contributed by atoms with Crippen molar-refractivity contribution in [2.24, 2.45) is 11.8 Å². The fraction of sp³-hybridized carbons (Fsp3) is 0.522. The first-order chi connectivity index (χ1) is 15.5. The number of nitro benzene ring substituents is 1. The van der Waals surface area contributed by atoms with Crippen LogP contribution in [-0.2, 0) is 9.59 Å². The average molecular weight is 441 g/mol. The van der Waals surface area contributed by atoms with Crippen LogP contribution in [0.15, 0.2) is 30.4 Å². The minimum Gasteiger partial charge on any atom is -0.378 e. The van der Waals surface area contributed by atoms with E-state index in [4.69, 9.17) is 0 Å². The number of fused-ring (bicyclic) bond motifs is 1. The number of nitrogens with one attached hydrogen (secondary N) is 2. The number of nitrogens with zero attached hydrogens (tertiary/aromatic N) is 2. The van der Waals surface area contributed by atoms with Crippen LogP contribution in [0.1, 0.15) is 55.3 Å².